The average Bonchev–Trinajstić information content (AvgIpc) is 3.08. The summed E-state index contributed by atoms with van der Waals surface area (Å²) in [6.45, 7) is 1.83. The predicted molar refractivity (Wildman–Crippen MR) is 111 cm³/mol. The van der Waals surface area contributed by atoms with E-state index in [2.05, 4.69) is 32.6 Å². The third-order valence-electron chi connectivity index (χ3n) is 4.63. The number of benzene rings is 3. The summed E-state index contributed by atoms with van der Waals surface area (Å²) in [5.74, 6) is 1.25. The Morgan fingerprint density at radius 2 is 1.82 bits per heavy atom. The van der Waals surface area contributed by atoms with Gasteiger partial charge in [-0.3, -0.25) is 5.43 Å². The normalized spacial score (nSPS) is 11.8. The van der Waals surface area contributed by atoms with Crippen molar-refractivity contribution in [3.8, 4) is 5.75 Å². The number of para-hydroxylation sites is 1. The zero-order valence-electron chi connectivity index (χ0n) is 15.0. The lowest BCUT2D eigenvalue weighted by molar-refractivity contribution is 0.474. The van der Waals surface area contributed by atoms with Crippen molar-refractivity contribution in [1.82, 2.24) is 9.97 Å². The molecule has 0 bridgehead atoms. The Morgan fingerprint density at radius 1 is 1.00 bits per heavy atom. The van der Waals surface area contributed by atoms with Crippen molar-refractivity contribution in [2.75, 3.05) is 5.43 Å². The maximum Gasteiger partial charge on any atom is 0.197 e. The third-order valence-corrected chi connectivity index (χ3v) is 4.63. The Labute approximate surface area is 160 Å². The number of hydrogen-bond acceptors (Lipinski definition) is 6. The van der Waals surface area contributed by atoms with E-state index in [1.807, 2.05) is 37.3 Å². The molecule has 0 atom stereocenters. The number of rotatable bonds is 3. The number of hydrazone groups is 1. The van der Waals surface area contributed by atoms with Crippen molar-refractivity contribution in [3.05, 3.63) is 72.1 Å². The van der Waals surface area contributed by atoms with E-state index in [1.54, 1.807) is 18.2 Å². The van der Waals surface area contributed by atoms with Crippen LogP contribution < -0.4 is 5.43 Å². The Balaban J connectivity index is 1.65. The average molecular weight is 368 g/mol. The number of anilines is 1. The van der Waals surface area contributed by atoms with Crippen LogP contribution >= 0.6 is 0 Å². The Morgan fingerprint density at radius 3 is 2.71 bits per heavy atom. The second-order valence-corrected chi connectivity index (χ2v) is 6.49. The standard InChI is InChI=1S/C22H16N4O2/c1-13-24-20-19-16-8-4-2-6-14(16)10-11-18(19)28-21(20)22(25-13)26-23-12-15-7-3-5-9-17(15)27/h2-12,27H,1H3,(H,24,25,26)/b23-12+. The molecular weight excluding hydrogens is 352 g/mol. The molecule has 0 aliphatic carbocycles. The summed E-state index contributed by atoms with van der Waals surface area (Å²) in [4.78, 5) is 9.06. The number of nitrogens with one attached hydrogen (secondary N) is 1. The second-order valence-electron chi connectivity index (χ2n) is 6.49. The van der Waals surface area contributed by atoms with E-state index in [9.17, 15) is 5.11 Å². The van der Waals surface area contributed by atoms with Crippen LogP contribution in [0.4, 0.5) is 5.82 Å². The minimum atomic E-state index is 0.160. The van der Waals surface area contributed by atoms with Gasteiger partial charge in [0.2, 0.25) is 0 Å². The van der Waals surface area contributed by atoms with Gasteiger partial charge in [-0.05, 0) is 35.9 Å². The maximum atomic E-state index is 9.86. The zero-order chi connectivity index (χ0) is 19.1. The summed E-state index contributed by atoms with van der Waals surface area (Å²) >= 11 is 0. The zero-order valence-corrected chi connectivity index (χ0v) is 15.0. The van der Waals surface area contributed by atoms with Crippen molar-refractivity contribution >= 4 is 44.9 Å². The summed E-state index contributed by atoms with van der Waals surface area (Å²) in [7, 11) is 0. The number of phenols is 1. The van der Waals surface area contributed by atoms with Gasteiger partial charge in [-0.15, -0.1) is 0 Å². The first-order chi connectivity index (χ1) is 13.7. The van der Waals surface area contributed by atoms with Crippen LogP contribution in [0.2, 0.25) is 0 Å². The first kappa shape index (κ1) is 16.3. The van der Waals surface area contributed by atoms with Gasteiger partial charge in [0.15, 0.2) is 11.4 Å². The van der Waals surface area contributed by atoms with Gasteiger partial charge in [0.05, 0.1) is 11.6 Å². The van der Waals surface area contributed by atoms with E-state index < -0.39 is 0 Å². The van der Waals surface area contributed by atoms with Crippen LogP contribution in [0.15, 0.2) is 70.2 Å². The fourth-order valence-corrected chi connectivity index (χ4v) is 3.35. The van der Waals surface area contributed by atoms with Gasteiger partial charge in [-0.1, -0.05) is 42.5 Å². The molecule has 6 nitrogen and oxygen atoms in total. The lowest BCUT2D eigenvalue weighted by atomic mass is 10.1. The number of hydrogen-bond donors (Lipinski definition) is 2. The molecule has 2 heterocycles. The van der Waals surface area contributed by atoms with Crippen LogP contribution in [0.3, 0.4) is 0 Å². The summed E-state index contributed by atoms with van der Waals surface area (Å²) in [6.07, 6.45) is 1.54. The van der Waals surface area contributed by atoms with Gasteiger partial charge >= 0.3 is 0 Å². The second kappa shape index (κ2) is 6.35. The predicted octanol–water partition coefficient (Wildman–Crippen LogP) is 4.99. The Hall–Kier alpha value is -3.93. The minimum absolute atomic E-state index is 0.160. The smallest absolute Gasteiger partial charge is 0.197 e. The highest BCUT2D eigenvalue weighted by Crippen LogP contribution is 2.36. The van der Waals surface area contributed by atoms with Crippen LogP contribution in [-0.4, -0.2) is 21.3 Å². The molecule has 0 saturated heterocycles. The molecule has 3 aromatic carbocycles. The molecule has 0 amide bonds. The number of aryl methyl sites for hydroxylation is 1. The maximum absolute atomic E-state index is 9.86. The summed E-state index contributed by atoms with van der Waals surface area (Å²) < 4.78 is 6.06. The molecule has 6 heteroatoms. The van der Waals surface area contributed by atoms with E-state index in [0.29, 0.717) is 22.8 Å². The van der Waals surface area contributed by atoms with E-state index in [4.69, 9.17) is 4.42 Å². The molecule has 5 rings (SSSR count). The number of fused-ring (bicyclic) bond motifs is 5. The molecule has 0 unspecified atom stereocenters. The van der Waals surface area contributed by atoms with Crippen LogP contribution in [-0.2, 0) is 0 Å². The van der Waals surface area contributed by atoms with Crippen molar-refractivity contribution in [2.24, 2.45) is 5.10 Å². The molecule has 0 spiro atoms. The van der Waals surface area contributed by atoms with Gasteiger partial charge in [0.1, 0.15) is 22.7 Å². The summed E-state index contributed by atoms with van der Waals surface area (Å²) in [6, 6.07) is 19.1. The lowest BCUT2D eigenvalue weighted by Crippen LogP contribution is -1.98. The molecule has 0 radical (unpaired) electrons. The van der Waals surface area contributed by atoms with E-state index in [1.165, 1.54) is 6.21 Å². The van der Waals surface area contributed by atoms with E-state index in [-0.39, 0.29) is 5.75 Å². The Bertz CT molecular complexity index is 1370. The SMILES string of the molecule is Cc1nc(N/N=C/c2ccccc2O)c2oc3ccc4ccccc4c3c2n1. The summed E-state index contributed by atoms with van der Waals surface area (Å²) in [5, 5.41) is 17.2. The number of phenolic OH excluding ortho intramolecular Hbond substituents is 1. The Kier molecular flexibility index (Phi) is 3.69. The molecule has 0 aliphatic rings. The van der Waals surface area contributed by atoms with Crippen LogP contribution in [0, 0.1) is 6.92 Å². The van der Waals surface area contributed by atoms with Gasteiger partial charge < -0.3 is 9.52 Å². The quantitative estimate of drug-likeness (QED) is 0.346. The first-order valence-corrected chi connectivity index (χ1v) is 8.86. The highest BCUT2D eigenvalue weighted by atomic mass is 16.3. The van der Waals surface area contributed by atoms with Crippen molar-refractivity contribution in [2.45, 2.75) is 6.92 Å². The number of furan rings is 1. The number of aromatic hydroxyl groups is 1. The topological polar surface area (TPSA) is 83.5 Å². The van der Waals surface area contributed by atoms with Gasteiger partial charge in [0, 0.05) is 5.56 Å². The van der Waals surface area contributed by atoms with Crippen molar-refractivity contribution < 1.29 is 9.52 Å². The molecule has 2 N–H and O–H groups in total. The minimum Gasteiger partial charge on any atom is -0.507 e. The van der Waals surface area contributed by atoms with Gasteiger partial charge in [-0.2, -0.15) is 5.10 Å². The fraction of sp³-hybridized carbons (Fsp3) is 0.0455. The van der Waals surface area contributed by atoms with Crippen LogP contribution in [0.25, 0.3) is 32.8 Å². The van der Waals surface area contributed by atoms with Crippen molar-refractivity contribution in [3.63, 3.8) is 0 Å². The van der Waals surface area contributed by atoms with Gasteiger partial charge in [-0.25, -0.2) is 9.97 Å². The van der Waals surface area contributed by atoms with Crippen LogP contribution in [0.1, 0.15) is 11.4 Å². The van der Waals surface area contributed by atoms with Gasteiger partial charge in [0.25, 0.3) is 0 Å². The van der Waals surface area contributed by atoms with Crippen molar-refractivity contribution in [1.29, 1.82) is 0 Å². The third kappa shape index (κ3) is 2.63. The molecular formula is C22H16N4O2. The highest BCUT2D eigenvalue weighted by molar-refractivity contribution is 6.18. The fourth-order valence-electron chi connectivity index (χ4n) is 3.35. The molecule has 0 saturated carbocycles. The lowest BCUT2D eigenvalue weighted by Gasteiger charge is -2.02. The van der Waals surface area contributed by atoms with E-state index >= 15 is 0 Å². The number of nitrogens with zero attached hydrogens (tertiary/aromatic N) is 3. The molecule has 136 valence electrons. The molecule has 28 heavy (non-hydrogen) atoms. The molecule has 0 aliphatic heterocycles. The molecule has 5 aromatic rings. The monoisotopic (exact) mass is 368 g/mol. The first-order valence-electron chi connectivity index (χ1n) is 8.86. The summed E-state index contributed by atoms with van der Waals surface area (Å²) in [5.41, 5.74) is 5.58. The van der Waals surface area contributed by atoms with Crippen LogP contribution in [0.5, 0.6) is 5.75 Å². The largest absolute Gasteiger partial charge is 0.507 e. The molecule has 0 fully saturated rings. The molecule has 2 aromatic heterocycles. The van der Waals surface area contributed by atoms with E-state index in [0.717, 1.165) is 27.3 Å². The number of aromatic nitrogens is 2. The highest BCUT2D eigenvalue weighted by Gasteiger charge is 2.16.